The lowest BCUT2D eigenvalue weighted by atomic mass is 10.1. The highest BCUT2D eigenvalue weighted by atomic mass is 32.1. The predicted molar refractivity (Wildman–Crippen MR) is 134 cm³/mol. The molecule has 2 aromatic heterocycles. The second kappa shape index (κ2) is 10.4. The maximum absolute atomic E-state index is 13.6. The van der Waals surface area contributed by atoms with Crippen LogP contribution in [0.15, 0.2) is 59.4 Å². The number of nitrogens with one attached hydrogen (secondary N) is 2. The van der Waals surface area contributed by atoms with Crippen LogP contribution in [0.25, 0.3) is 21.0 Å². The van der Waals surface area contributed by atoms with Gasteiger partial charge in [-0.25, -0.2) is 4.79 Å². The van der Waals surface area contributed by atoms with Crippen molar-refractivity contribution in [2.75, 3.05) is 20.2 Å². The fourth-order valence-electron chi connectivity index (χ4n) is 3.87. The summed E-state index contributed by atoms with van der Waals surface area (Å²) in [4.78, 5) is 50.3. The van der Waals surface area contributed by atoms with Gasteiger partial charge in [-0.15, -0.1) is 11.3 Å². The van der Waals surface area contributed by atoms with E-state index in [2.05, 4.69) is 10.6 Å². The SMILES string of the molecule is COc1c(C(=O)NCCCNC(=O)O)sc2c1c(=O)n(CC(=O)c1ccccc1)c1ccccc21. The first-order chi connectivity index (χ1) is 16.9. The summed E-state index contributed by atoms with van der Waals surface area (Å²) < 4.78 is 7.53. The molecule has 2 amide bonds. The van der Waals surface area contributed by atoms with Gasteiger partial charge >= 0.3 is 6.09 Å². The first-order valence-corrected chi connectivity index (χ1v) is 11.7. The minimum absolute atomic E-state index is 0.155. The fraction of sp³-hybridized carbons (Fsp3) is 0.200. The number of rotatable bonds is 9. The van der Waals surface area contributed by atoms with Crippen LogP contribution in [0.3, 0.4) is 0 Å². The van der Waals surface area contributed by atoms with Crippen LogP contribution < -0.4 is 20.9 Å². The van der Waals surface area contributed by atoms with E-state index in [0.29, 0.717) is 22.2 Å². The molecule has 0 atom stereocenters. The van der Waals surface area contributed by atoms with Crippen molar-refractivity contribution in [3.63, 3.8) is 0 Å². The summed E-state index contributed by atoms with van der Waals surface area (Å²) in [7, 11) is 1.39. The number of hydrogen-bond acceptors (Lipinski definition) is 6. The molecule has 4 aromatic rings. The highest BCUT2D eigenvalue weighted by Crippen LogP contribution is 2.39. The fourth-order valence-corrected chi connectivity index (χ4v) is 5.08. The number of nitrogens with zero attached hydrogens (tertiary/aromatic N) is 1. The number of ketones is 1. The lowest BCUT2D eigenvalue weighted by Gasteiger charge is -2.11. The Morgan fingerprint density at radius 2 is 1.69 bits per heavy atom. The van der Waals surface area contributed by atoms with Crippen LogP contribution in [-0.4, -0.2) is 47.7 Å². The molecule has 3 N–H and O–H groups in total. The van der Waals surface area contributed by atoms with Crippen LogP contribution in [0, 0.1) is 0 Å². The first-order valence-electron chi connectivity index (χ1n) is 10.9. The molecule has 4 rings (SSSR count). The number of Topliss-reactive ketones (excluding diaryl/α,β-unsaturated/α-hetero) is 1. The molecule has 0 bridgehead atoms. The zero-order valence-corrected chi connectivity index (χ0v) is 19.7. The molecule has 0 radical (unpaired) electrons. The van der Waals surface area contributed by atoms with Gasteiger partial charge in [-0.3, -0.25) is 19.0 Å². The van der Waals surface area contributed by atoms with Gasteiger partial charge in [0.15, 0.2) is 11.5 Å². The van der Waals surface area contributed by atoms with E-state index in [1.54, 1.807) is 36.4 Å². The standard InChI is InChI=1S/C25H23N3O6S/c1-34-20-19-21(35-22(20)23(30)26-12-7-13-27-25(32)33)16-10-5-6-11-17(16)28(24(19)31)14-18(29)15-8-3-2-4-9-15/h2-6,8-11,27H,7,12-14H2,1H3,(H,26,30)(H,32,33). The van der Waals surface area contributed by atoms with E-state index in [0.717, 1.165) is 16.7 Å². The number of aromatic nitrogens is 1. The minimum Gasteiger partial charge on any atom is -0.494 e. The summed E-state index contributed by atoms with van der Waals surface area (Å²) >= 11 is 1.15. The van der Waals surface area contributed by atoms with Gasteiger partial charge in [0.05, 0.1) is 23.9 Å². The largest absolute Gasteiger partial charge is 0.494 e. The highest BCUT2D eigenvalue weighted by molar-refractivity contribution is 7.22. The molecule has 0 aliphatic heterocycles. The van der Waals surface area contributed by atoms with E-state index in [9.17, 15) is 19.2 Å². The third-order valence-corrected chi connectivity index (χ3v) is 6.69. The zero-order chi connectivity index (χ0) is 24.9. The van der Waals surface area contributed by atoms with Crippen molar-refractivity contribution in [1.29, 1.82) is 0 Å². The number of pyridine rings is 1. The van der Waals surface area contributed by atoms with E-state index in [1.807, 2.05) is 18.2 Å². The highest BCUT2D eigenvalue weighted by Gasteiger charge is 2.25. The number of carboxylic acid groups (broad SMARTS) is 1. The summed E-state index contributed by atoms with van der Waals surface area (Å²) in [6.45, 7) is 0.285. The molecule has 0 aliphatic carbocycles. The summed E-state index contributed by atoms with van der Waals surface area (Å²) in [5.74, 6) is -0.476. The van der Waals surface area contributed by atoms with Gasteiger partial charge in [-0.05, 0) is 12.5 Å². The Balaban J connectivity index is 1.75. The number of amides is 2. The Hall–Kier alpha value is -4.18. The van der Waals surface area contributed by atoms with Crippen molar-refractivity contribution < 1.29 is 24.2 Å². The third kappa shape index (κ3) is 4.87. The number of benzene rings is 2. The summed E-state index contributed by atoms with van der Waals surface area (Å²) in [6, 6.07) is 16.0. The molecule has 180 valence electrons. The molecule has 2 heterocycles. The average Bonchev–Trinajstić information content (AvgIpc) is 3.26. The molecule has 0 saturated heterocycles. The monoisotopic (exact) mass is 493 g/mol. The molecule has 35 heavy (non-hydrogen) atoms. The zero-order valence-electron chi connectivity index (χ0n) is 18.9. The summed E-state index contributed by atoms with van der Waals surface area (Å²) in [5.41, 5.74) is 0.670. The number of carbonyl (C=O) groups excluding carboxylic acids is 2. The maximum Gasteiger partial charge on any atom is 0.404 e. The van der Waals surface area contributed by atoms with Gasteiger partial charge in [0.1, 0.15) is 10.3 Å². The van der Waals surface area contributed by atoms with Gasteiger partial charge in [0.2, 0.25) is 0 Å². The number of carbonyl (C=O) groups is 3. The van der Waals surface area contributed by atoms with Gasteiger partial charge < -0.3 is 20.5 Å². The second-order valence-corrected chi connectivity index (χ2v) is 8.73. The average molecular weight is 494 g/mol. The maximum atomic E-state index is 13.6. The van der Waals surface area contributed by atoms with Crippen molar-refractivity contribution in [3.05, 3.63) is 75.4 Å². The quantitative estimate of drug-likeness (QED) is 0.242. The molecule has 0 aliphatic rings. The van der Waals surface area contributed by atoms with Crippen molar-refractivity contribution >= 4 is 50.1 Å². The molecule has 2 aromatic carbocycles. The topological polar surface area (TPSA) is 127 Å². The second-order valence-electron chi connectivity index (χ2n) is 7.71. The Kier molecular flexibility index (Phi) is 7.11. The molecule has 0 unspecified atom stereocenters. The molecule has 9 nitrogen and oxygen atoms in total. The Morgan fingerprint density at radius 1 is 1.00 bits per heavy atom. The number of hydrogen-bond donors (Lipinski definition) is 3. The molecule has 0 spiro atoms. The van der Waals surface area contributed by atoms with Crippen LogP contribution in [0.4, 0.5) is 4.79 Å². The number of para-hydroxylation sites is 1. The van der Waals surface area contributed by atoms with E-state index in [1.165, 1.54) is 11.7 Å². The third-order valence-electron chi connectivity index (χ3n) is 5.49. The Morgan fingerprint density at radius 3 is 2.40 bits per heavy atom. The van der Waals surface area contributed by atoms with E-state index in [4.69, 9.17) is 9.84 Å². The van der Waals surface area contributed by atoms with Crippen LogP contribution >= 0.6 is 11.3 Å². The van der Waals surface area contributed by atoms with Gasteiger partial charge in [-0.1, -0.05) is 48.5 Å². The summed E-state index contributed by atoms with van der Waals surface area (Å²) in [5, 5.41) is 14.6. The molecule has 0 fully saturated rings. The van der Waals surface area contributed by atoms with E-state index >= 15 is 0 Å². The Bertz CT molecular complexity index is 1480. The van der Waals surface area contributed by atoms with Crippen LogP contribution in [0.2, 0.25) is 0 Å². The van der Waals surface area contributed by atoms with E-state index < -0.39 is 17.6 Å². The van der Waals surface area contributed by atoms with Crippen molar-refractivity contribution in [2.45, 2.75) is 13.0 Å². The lowest BCUT2D eigenvalue weighted by molar-refractivity contribution is 0.0951. The van der Waals surface area contributed by atoms with Gasteiger partial charge in [0, 0.05) is 24.0 Å². The number of methoxy groups -OCH3 is 1. The normalized spacial score (nSPS) is 10.9. The predicted octanol–water partition coefficient (Wildman–Crippen LogP) is 3.50. The molecule has 10 heteroatoms. The van der Waals surface area contributed by atoms with Crippen molar-refractivity contribution in [3.8, 4) is 5.75 Å². The molecular formula is C25H23N3O6S. The number of ether oxygens (including phenoxy) is 1. The minimum atomic E-state index is -1.13. The van der Waals surface area contributed by atoms with Crippen molar-refractivity contribution in [1.82, 2.24) is 15.2 Å². The van der Waals surface area contributed by atoms with Crippen molar-refractivity contribution in [2.24, 2.45) is 0 Å². The Labute approximate surface area is 203 Å². The van der Waals surface area contributed by atoms with Crippen LogP contribution in [-0.2, 0) is 6.54 Å². The number of thiophene rings is 1. The summed E-state index contributed by atoms with van der Waals surface area (Å²) in [6.07, 6.45) is -0.723. The first kappa shape index (κ1) is 24.0. The molecule has 0 saturated carbocycles. The van der Waals surface area contributed by atoms with Gasteiger partial charge in [-0.2, -0.15) is 0 Å². The number of fused-ring (bicyclic) bond motifs is 3. The molecular weight excluding hydrogens is 470 g/mol. The smallest absolute Gasteiger partial charge is 0.404 e. The van der Waals surface area contributed by atoms with Crippen LogP contribution in [0.5, 0.6) is 5.75 Å². The van der Waals surface area contributed by atoms with E-state index in [-0.39, 0.29) is 41.4 Å². The lowest BCUT2D eigenvalue weighted by Crippen LogP contribution is -2.29. The van der Waals surface area contributed by atoms with Gasteiger partial charge in [0.25, 0.3) is 11.5 Å². The van der Waals surface area contributed by atoms with Crippen LogP contribution in [0.1, 0.15) is 26.5 Å².